The van der Waals surface area contributed by atoms with Crippen LogP contribution in [0.4, 0.5) is 4.39 Å². The van der Waals surface area contributed by atoms with Gasteiger partial charge in [-0.1, -0.05) is 23.7 Å². The van der Waals surface area contributed by atoms with Crippen molar-refractivity contribution < 1.29 is 17.6 Å². The minimum Gasteiger partial charge on any atom is -0.350 e. The van der Waals surface area contributed by atoms with Crippen LogP contribution in [-0.4, -0.2) is 45.4 Å². The van der Waals surface area contributed by atoms with E-state index >= 15 is 0 Å². The number of sulfonamides is 1. The molecule has 9 heteroatoms. The second-order valence-corrected chi connectivity index (χ2v) is 10.6. The number of amides is 1. The Kier molecular flexibility index (Phi) is 7.14. The zero-order valence-corrected chi connectivity index (χ0v) is 19.3. The first-order valence-corrected chi connectivity index (χ1v) is 12.8. The van der Waals surface area contributed by atoms with Crippen LogP contribution in [-0.2, 0) is 10.0 Å². The average molecular weight is 480 g/mol. The molecule has 1 saturated heterocycles. The van der Waals surface area contributed by atoms with Gasteiger partial charge in [-0.15, -0.1) is 0 Å². The van der Waals surface area contributed by atoms with Gasteiger partial charge in [0, 0.05) is 29.2 Å². The lowest BCUT2D eigenvalue weighted by atomic mass is 10.0. The van der Waals surface area contributed by atoms with E-state index in [1.807, 2.05) is 0 Å². The average Bonchev–Trinajstić information content (AvgIpc) is 3.46. The van der Waals surface area contributed by atoms with E-state index in [1.54, 1.807) is 24.3 Å². The predicted molar refractivity (Wildman–Crippen MR) is 122 cm³/mol. The lowest BCUT2D eigenvalue weighted by Crippen LogP contribution is -2.37. The highest BCUT2D eigenvalue weighted by molar-refractivity contribution is 7.89. The fraction of sp³-hybridized carbons (Fsp3) is 0.435. The van der Waals surface area contributed by atoms with Crippen molar-refractivity contribution in [2.75, 3.05) is 26.2 Å². The number of hydrogen-bond donors (Lipinski definition) is 2. The largest absolute Gasteiger partial charge is 0.350 e. The second-order valence-electron chi connectivity index (χ2n) is 8.43. The molecular weight excluding hydrogens is 453 g/mol. The van der Waals surface area contributed by atoms with Crippen molar-refractivity contribution in [3.05, 3.63) is 64.4 Å². The fourth-order valence-electron chi connectivity index (χ4n) is 4.02. The molecule has 6 nitrogen and oxygen atoms in total. The van der Waals surface area contributed by atoms with Crippen LogP contribution < -0.4 is 10.0 Å². The van der Waals surface area contributed by atoms with Crippen LogP contribution in [0.5, 0.6) is 0 Å². The molecule has 0 radical (unpaired) electrons. The number of nitrogens with zero attached hydrogens (tertiary/aromatic N) is 1. The van der Waals surface area contributed by atoms with E-state index in [2.05, 4.69) is 14.9 Å². The van der Waals surface area contributed by atoms with Gasteiger partial charge in [-0.25, -0.2) is 17.5 Å². The molecule has 2 fully saturated rings. The minimum absolute atomic E-state index is 0.0547. The molecule has 1 saturated carbocycles. The van der Waals surface area contributed by atoms with Gasteiger partial charge in [0.2, 0.25) is 10.0 Å². The van der Waals surface area contributed by atoms with E-state index in [-0.39, 0.29) is 17.0 Å². The van der Waals surface area contributed by atoms with Crippen molar-refractivity contribution in [2.45, 2.75) is 36.6 Å². The standard InChI is InChI=1S/C23H27ClFN3O3S/c24-19-7-4-8-20(25)22(19)21(28-11-1-2-12-28)15-26-23(29)17-5-3-6-18(13-17)32(30,31)27-14-16-9-10-16/h3-8,13,16,21,27H,1-2,9-12,14-15H2,(H,26,29). The summed E-state index contributed by atoms with van der Waals surface area (Å²) in [5, 5.41) is 3.17. The summed E-state index contributed by atoms with van der Waals surface area (Å²) >= 11 is 6.31. The maximum atomic E-state index is 14.6. The molecule has 1 atom stereocenters. The van der Waals surface area contributed by atoms with Gasteiger partial charge in [-0.3, -0.25) is 9.69 Å². The molecule has 2 aromatic carbocycles. The molecule has 1 heterocycles. The van der Waals surface area contributed by atoms with Gasteiger partial charge in [0.25, 0.3) is 5.91 Å². The fourth-order valence-corrected chi connectivity index (χ4v) is 5.48. The minimum atomic E-state index is -3.68. The van der Waals surface area contributed by atoms with E-state index < -0.39 is 27.8 Å². The molecule has 1 aliphatic heterocycles. The third-order valence-electron chi connectivity index (χ3n) is 6.04. The summed E-state index contributed by atoms with van der Waals surface area (Å²) in [6, 6.07) is 10.1. The van der Waals surface area contributed by atoms with Gasteiger partial charge in [-0.05, 0) is 75.0 Å². The molecule has 32 heavy (non-hydrogen) atoms. The number of rotatable bonds is 9. The number of likely N-dealkylation sites (tertiary alicyclic amines) is 1. The van der Waals surface area contributed by atoms with Crippen molar-refractivity contribution in [3.63, 3.8) is 0 Å². The molecule has 0 aromatic heterocycles. The molecule has 2 aliphatic rings. The van der Waals surface area contributed by atoms with Crippen LogP contribution >= 0.6 is 11.6 Å². The van der Waals surface area contributed by atoms with Gasteiger partial charge in [0.1, 0.15) is 5.82 Å². The maximum absolute atomic E-state index is 14.6. The summed E-state index contributed by atoms with van der Waals surface area (Å²) in [5.74, 6) is -0.414. The summed E-state index contributed by atoms with van der Waals surface area (Å²) in [6.07, 6.45) is 4.08. The topological polar surface area (TPSA) is 78.5 Å². The van der Waals surface area contributed by atoms with Gasteiger partial charge in [-0.2, -0.15) is 0 Å². The Balaban J connectivity index is 1.48. The van der Waals surface area contributed by atoms with Crippen molar-refractivity contribution in [1.82, 2.24) is 14.9 Å². The number of carbonyl (C=O) groups excluding carboxylic acids is 1. The highest BCUT2D eigenvalue weighted by Gasteiger charge is 2.29. The smallest absolute Gasteiger partial charge is 0.251 e. The Morgan fingerprint density at radius 2 is 1.88 bits per heavy atom. The number of hydrogen-bond acceptors (Lipinski definition) is 4. The summed E-state index contributed by atoms with van der Waals surface area (Å²) in [7, 11) is -3.68. The van der Waals surface area contributed by atoms with Crippen LogP contribution in [0, 0.1) is 11.7 Å². The monoisotopic (exact) mass is 479 g/mol. The Hall–Kier alpha value is -2.00. The summed E-state index contributed by atoms with van der Waals surface area (Å²) in [6.45, 7) is 2.17. The van der Waals surface area contributed by atoms with Gasteiger partial charge in [0.15, 0.2) is 0 Å². The molecule has 1 aliphatic carbocycles. The first-order valence-electron chi connectivity index (χ1n) is 10.9. The van der Waals surface area contributed by atoms with E-state index in [9.17, 15) is 17.6 Å². The quantitative estimate of drug-likeness (QED) is 0.574. The van der Waals surface area contributed by atoms with Gasteiger partial charge >= 0.3 is 0 Å². The first-order chi connectivity index (χ1) is 15.3. The van der Waals surface area contributed by atoms with Crippen LogP contribution in [0.25, 0.3) is 0 Å². The number of carbonyl (C=O) groups is 1. The van der Waals surface area contributed by atoms with E-state index in [0.717, 1.165) is 38.8 Å². The van der Waals surface area contributed by atoms with E-state index in [1.165, 1.54) is 18.2 Å². The van der Waals surface area contributed by atoms with Crippen LogP contribution in [0.3, 0.4) is 0 Å². The molecule has 2 aromatic rings. The van der Waals surface area contributed by atoms with Crippen molar-refractivity contribution in [2.24, 2.45) is 5.92 Å². The van der Waals surface area contributed by atoms with Crippen molar-refractivity contribution in [1.29, 1.82) is 0 Å². The zero-order chi connectivity index (χ0) is 22.7. The molecule has 1 amide bonds. The van der Waals surface area contributed by atoms with E-state index in [0.29, 0.717) is 23.0 Å². The lowest BCUT2D eigenvalue weighted by molar-refractivity contribution is 0.0937. The van der Waals surface area contributed by atoms with Crippen LogP contribution in [0.15, 0.2) is 47.4 Å². The molecule has 0 bridgehead atoms. The number of nitrogens with one attached hydrogen (secondary N) is 2. The van der Waals surface area contributed by atoms with Gasteiger partial charge in [0.05, 0.1) is 10.9 Å². The molecule has 0 spiro atoms. The summed E-state index contributed by atoms with van der Waals surface area (Å²) in [4.78, 5) is 15.0. The van der Waals surface area contributed by atoms with Crippen LogP contribution in [0.1, 0.15) is 47.6 Å². The molecule has 172 valence electrons. The molecule has 1 unspecified atom stereocenters. The Morgan fingerprint density at radius 3 is 2.56 bits per heavy atom. The van der Waals surface area contributed by atoms with E-state index in [4.69, 9.17) is 11.6 Å². The Labute approximate surface area is 193 Å². The highest BCUT2D eigenvalue weighted by Crippen LogP contribution is 2.32. The Morgan fingerprint density at radius 1 is 1.16 bits per heavy atom. The van der Waals surface area contributed by atoms with Crippen LogP contribution in [0.2, 0.25) is 5.02 Å². The molecular formula is C23H27ClFN3O3S. The third-order valence-corrected chi connectivity index (χ3v) is 7.79. The summed E-state index contributed by atoms with van der Waals surface area (Å²) in [5.41, 5.74) is 0.607. The number of benzene rings is 2. The predicted octanol–water partition coefficient (Wildman–Crippen LogP) is 3.73. The maximum Gasteiger partial charge on any atom is 0.251 e. The van der Waals surface area contributed by atoms with Gasteiger partial charge < -0.3 is 5.32 Å². The zero-order valence-electron chi connectivity index (χ0n) is 17.7. The molecule has 4 rings (SSSR count). The summed E-state index contributed by atoms with van der Waals surface area (Å²) < 4.78 is 42.3. The van der Waals surface area contributed by atoms with Crippen molar-refractivity contribution >= 4 is 27.5 Å². The number of halogens is 2. The Bertz CT molecular complexity index is 1070. The first kappa shape index (κ1) is 23.2. The molecule has 2 N–H and O–H groups in total. The highest BCUT2D eigenvalue weighted by atomic mass is 35.5. The lowest BCUT2D eigenvalue weighted by Gasteiger charge is -2.29. The van der Waals surface area contributed by atoms with Crippen molar-refractivity contribution in [3.8, 4) is 0 Å². The third kappa shape index (κ3) is 5.49. The second kappa shape index (κ2) is 9.87. The normalized spacial score (nSPS) is 17.9. The SMILES string of the molecule is O=C(NCC(c1c(F)cccc1Cl)N1CCCC1)c1cccc(S(=O)(=O)NCC2CC2)c1.